The molecule has 19 heavy (non-hydrogen) atoms. The lowest BCUT2D eigenvalue weighted by atomic mass is 10.2. The Bertz CT molecular complexity index is 465. The minimum absolute atomic E-state index is 0.300. The highest BCUT2D eigenvalue weighted by molar-refractivity contribution is 5.81. The van der Waals surface area contributed by atoms with Gasteiger partial charge in [-0.1, -0.05) is 17.2 Å². The molecule has 0 spiro atoms. The van der Waals surface area contributed by atoms with Gasteiger partial charge in [-0.15, -0.1) is 0 Å². The van der Waals surface area contributed by atoms with Gasteiger partial charge in [0.2, 0.25) is 5.91 Å². The number of hydrogen-bond donors (Lipinski definition) is 0. The van der Waals surface area contributed by atoms with Crippen molar-refractivity contribution in [2.24, 2.45) is 11.8 Å². The molecule has 0 aromatic carbocycles. The molecule has 2 atom stereocenters. The predicted octanol–water partition coefficient (Wildman–Crippen LogP) is 0.678. The molecule has 2 fully saturated rings. The first-order chi connectivity index (χ1) is 9.15. The van der Waals surface area contributed by atoms with E-state index in [-0.39, 0.29) is 0 Å². The largest absolute Gasteiger partial charge is 0.340 e. The normalized spacial score (nSPS) is 27.6. The van der Waals surface area contributed by atoms with Crippen molar-refractivity contribution >= 4 is 5.91 Å². The Labute approximate surface area is 112 Å². The van der Waals surface area contributed by atoms with Crippen LogP contribution < -0.4 is 0 Å². The Morgan fingerprint density at radius 1 is 1.32 bits per heavy atom. The molecule has 1 amide bonds. The molecule has 1 saturated heterocycles. The number of aryl methyl sites for hydroxylation is 1. The number of rotatable bonds is 3. The molecule has 1 aromatic heterocycles. The van der Waals surface area contributed by atoms with Crippen molar-refractivity contribution < 1.29 is 9.42 Å². The van der Waals surface area contributed by atoms with E-state index < -0.39 is 0 Å². The summed E-state index contributed by atoms with van der Waals surface area (Å²) in [7, 11) is 0. The van der Waals surface area contributed by atoms with Crippen molar-refractivity contribution in [3.63, 3.8) is 0 Å². The Kier molecular flexibility index (Phi) is 3.26. The van der Waals surface area contributed by atoms with Gasteiger partial charge in [0, 0.05) is 38.6 Å². The van der Waals surface area contributed by atoms with E-state index in [1.54, 1.807) is 0 Å². The van der Waals surface area contributed by atoms with E-state index in [0.717, 1.165) is 50.5 Å². The van der Waals surface area contributed by atoms with Crippen LogP contribution in [0.3, 0.4) is 0 Å². The average molecular weight is 264 g/mol. The van der Waals surface area contributed by atoms with Crippen LogP contribution in [0.15, 0.2) is 4.63 Å². The minimum atomic E-state index is 0.300. The third-order valence-corrected chi connectivity index (χ3v) is 4.23. The van der Waals surface area contributed by atoms with Gasteiger partial charge >= 0.3 is 0 Å². The van der Waals surface area contributed by atoms with Crippen molar-refractivity contribution in [2.75, 3.05) is 26.2 Å². The maximum Gasteiger partial charge on any atom is 0.226 e. The summed E-state index contributed by atoms with van der Waals surface area (Å²) in [6.45, 7) is 8.27. The van der Waals surface area contributed by atoms with Crippen LogP contribution in [0.5, 0.6) is 0 Å². The van der Waals surface area contributed by atoms with Gasteiger partial charge in [0.25, 0.3) is 0 Å². The predicted molar refractivity (Wildman–Crippen MR) is 68.2 cm³/mol. The number of amides is 1. The van der Waals surface area contributed by atoms with Gasteiger partial charge in [0.1, 0.15) is 11.4 Å². The zero-order valence-corrected chi connectivity index (χ0v) is 11.5. The first-order valence-corrected chi connectivity index (χ1v) is 6.94. The van der Waals surface area contributed by atoms with Gasteiger partial charge in [-0.05, 0) is 19.3 Å². The van der Waals surface area contributed by atoms with Gasteiger partial charge in [-0.2, -0.15) is 0 Å². The lowest BCUT2D eigenvalue weighted by Gasteiger charge is -2.34. The maximum atomic E-state index is 12.1. The van der Waals surface area contributed by atoms with Crippen LogP contribution in [0, 0.1) is 18.8 Å². The summed E-state index contributed by atoms with van der Waals surface area (Å²) in [6, 6.07) is 0. The molecule has 2 unspecified atom stereocenters. The topological polar surface area (TPSA) is 62.5 Å². The second kappa shape index (κ2) is 4.92. The van der Waals surface area contributed by atoms with Gasteiger partial charge in [0.15, 0.2) is 0 Å². The maximum absolute atomic E-state index is 12.1. The van der Waals surface area contributed by atoms with Gasteiger partial charge in [0.05, 0.1) is 0 Å². The SMILES string of the molecule is Cc1nonc1CN1CCN(C(=O)C2CC2C)CC1. The molecule has 6 nitrogen and oxygen atoms in total. The Morgan fingerprint density at radius 3 is 2.53 bits per heavy atom. The summed E-state index contributed by atoms with van der Waals surface area (Å²) < 4.78 is 4.71. The van der Waals surface area contributed by atoms with Crippen LogP contribution in [0.2, 0.25) is 0 Å². The number of hydrogen-bond acceptors (Lipinski definition) is 5. The molecule has 1 saturated carbocycles. The fourth-order valence-corrected chi connectivity index (χ4v) is 2.63. The molecule has 3 rings (SSSR count). The summed E-state index contributed by atoms with van der Waals surface area (Å²) in [6.07, 6.45) is 1.07. The van der Waals surface area contributed by atoms with Gasteiger partial charge < -0.3 is 4.90 Å². The molecule has 6 heteroatoms. The number of carbonyl (C=O) groups is 1. The molecule has 2 aliphatic rings. The van der Waals surface area contributed by atoms with Crippen LogP contribution in [0.25, 0.3) is 0 Å². The van der Waals surface area contributed by atoms with Crippen LogP contribution in [0.4, 0.5) is 0 Å². The number of piperazine rings is 1. The van der Waals surface area contributed by atoms with E-state index in [0.29, 0.717) is 17.7 Å². The molecular weight excluding hydrogens is 244 g/mol. The number of carbonyl (C=O) groups excluding carboxylic acids is 1. The van der Waals surface area contributed by atoms with Crippen LogP contribution in [0.1, 0.15) is 24.7 Å². The van der Waals surface area contributed by atoms with Crippen LogP contribution in [-0.4, -0.2) is 52.2 Å². The van der Waals surface area contributed by atoms with E-state index in [4.69, 9.17) is 4.63 Å². The van der Waals surface area contributed by atoms with Crippen molar-refractivity contribution in [1.82, 2.24) is 20.1 Å². The summed E-state index contributed by atoms with van der Waals surface area (Å²) in [5.41, 5.74) is 1.75. The highest BCUT2D eigenvalue weighted by atomic mass is 16.6. The summed E-state index contributed by atoms with van der Waals surface area (Å²) in [4.78, 5) is 16.4. The lowest BCUT2D eigenvalue weighted by Crippen LogP contribution is -2.49. The van der Waals surface area contributed by atoms with Gasteiger partial charge in [-0.3, -0.25) is 9.69 Å². The molecule has 1 aliphatic carbocycles. The van der Waals surface area contributed by atoms with Crippen LogP contribution >= 0.6 is 0 Å². The second-order valence-corrected chi connectivity index (χ2v) is 5.72. The van der Waals surface area contributed by atoms with E-state index in [1.807, 2.05) is 11.8 Å². The van der Waals surface area contributed by atoms with E-state index in [9.17, 15) is 4.79 Å². The van der Waals surface area contributed by atoms with E-state index >= 15 is 0 Å². The number of nitrogens with zero attached hydrogens (tertiary/aromatic N) is 4. The molecular formula is C13H20N4O2. The number of aromatic nitrogens is 2. The van der Waals surface area contributed by atoms with Crippen molar-refractivity contribution in [3.8, 4) is 0 Å². The Hall–Kier alpha value is -1.43. The first kappa shape index (κ1) is 12.6. The third kappa shape index (κ3) is 2.63. The Balaban J connectivity index is 1.49. The molecule has 2 heterocycles. The van der Waals surface area contributed by atoms with E-state index in [2.05, 4.69) is 22.1 Å². The van der Waals surface area contributed by atoms with Crippen LogP contribution in [-0.2, 0) is 11.3 Å². The van der Waals surface area contributed by atoms with Crippen molar-refractivity contribution in [2.45, 2.75) is 26.8 Å². The fraction of sp³-hybridized carbons (Fsp3) is 0.769. The summed E-state index contributed by atoms with van der Waals surface area (Å²) in [5.74, 6) is 1.24. The second-order valence-electron chi connectivity index (χ2n) is 5.72. The molecule has 1 aliphatic heterocycles. The molecule has 104 valence electrons. The average Bonchev–Trinajstić information content (AvgIpc) is 3.01. The monoisotopic (exact) mass is 264 g/mol. The lowest BCUT2D eigenvalue weighted by molar-refractivity contribution is -0.134. The minimum Gasteiger partial charge on any atom is -0.340 e. The standard InChI is InChI=1S/C13H20N4O2/c1-9-7-11(9)13(18)17-5-3-16(4-6-17)8-12-10(2)14-19-15-12/h9,11H,3-8H2,1-2H3. The molecule has 0 N–H and O–H groups in total. The smallest absolute Gasteiger partial charge is 0.226 e. The zero-order valence-electron chi connectivity index (χ0n) is 11.5. The Morgan fingerprint density at radius 2 is 2.00 bits per heavy atom. The summed E-state index contributed by atoms with van der Waals surface area (Å²) >= 11 is 0. The zero-order chi connectivity index (χ0) is 13.4. The van der Waals surface area contributed by atoms with Crippen molar-refractivity contribution in [3.05, 3.63) is 11.4 Å². The highest BCUT2D eigenvalue weighted by Gasteiger charge is 2.41. The fourth-order valence-electron chi connectivity index (χ4n) is 2.63. The molecule has 1 aromatic rings. The van der Waals surface area contributed by atoms with E-state index in [1.165, 1.54) is 0 Å². The molecule has 0 bridgehead atoms. The quantitative estimate of drug-likeness (QED) is 0.803. The van der Waals surface area contributed by atoms with Crippen molar-refractivity contribution in [1.29, 1.82) is 0 Å². The van der Waals surface area contributed by atoms with Gasteiger partial charge in [-0.25, -0.2) is 4.63 Å². The molecule has 0 radical (unpaired) electrons. The third-order valence-electron chi connectivity index (χ3n) is 4.23. The highest BCUT2D eigenvalue weighted by Crippen LogP contribution is 2.39. The first-order valence-electron chi connectivity index (χ1n) is 6.94. The summed E-state index contributed by atoms with van der Waals surface area (Å²) in [5, 5.41) is 7.69.